The van der Waals surface area contributed by atoms with Gasteiger partial charge in [0.2, 0.25) is 0 Å². The molecule has 0 amide bonds. The zero-order valence-electron chi connectivity index (χ0n) is 12.6. The van der Waals surface area contributed by atoms with Crippen LogP contribution in [0, 0.1) is 0 Å². The lowest BCUT2D eigenvalue weighted by Gasteiger charge is -2.07. The largest absolute Gasteiger partial charge is 0.481 e. The maximum Gasteiger partial charge on any atom is 0.305 e. The van der Waals surface area contributed by atoms with Gasteiger partial charge in [-0.25, -0.2) is 0 Å². The monoisotopic (exact) mass is 307 g/mol. The van der Waals surface area contributed by atoms with Crippen molar-refractivity contribution < 1.29 is 24.1 Å². The van der Waals surface area contributed by atoms with Crippen molar-refractivity contribution in [2.75, 3.05) is 52.7 Å². The van der Waals surface area contributed by atoms with Gasteiger partial charge in [0.1, 0.15) is 0 Å². The highest BCUT2D eigenvalue weighted by Crippen LogP contribution is 1.86. The van der Waals surface area contributed by atoms with E-state index in [1.807, 2.05) is 0 Å². The second-order valence-electron chi connectivity index (χ2n) is 4.44. The Bertz CT molecular complexity index is 219. The van der Waals surface area contributed by atoms with E-state index in [9.17, 15) is 4.79 Å². The van der Waals surface area contributed by atoms with Crippen LogP contribution >= 0.6 is 0 Å². The van der Waals surface area contributed by atoms with Gasteiger partial charge >= 0.3 is 5.97 Å². The topological polar surface area (TPSA) is 77.0 Å². The molecule has 2 N–H and O–H groups in total. The van der Waals surface area contributed by atoms with Crippen LogP contribution in [0.5, 0.6) is 0 Å². The van der Waals surface area contributed by atoms with Crippen LogP contribution in [0.25, 0.3) is 0 Å². The van der Waals surface area contributed by atoms with Crippen molar-refractivity contribution in [2.45, 2.75) is 25.4 Å². The first-order valence-electron chi connectivity index (χ1n) is 7.43. The highest BCUT2D eigenvalue weighted by atomic mass is 28.2. The Morgan fingerprint density at radius 1 is 1.00 bits per heavy atom. The first-order chi connectivity index (χ1) is 9.77. The van der Waals surface area contributed by atoms with Crippen LogP contribution in [0.4, 0.5) is 0 Å². The Labute approximate surface area is 124 Å². The summed E-state index contributed by atoms with van der Waals surface area (Å²) in [5, 5.41) is 11.7. The second kappa shape index (κ2) is 16.6. The normalized spacial score (nSPS) is 11.4. The molecule has 0 radical (unpaired) electrons. The van der Waals surface area contributed by atoms with Crippen LogP contribution in [0.15, 0.2) is 0 Å². The minimum atomic E-state index is -0.843. The summed E-state index contributed by atoms with van der Waals surface area (Å²) in [6, 6.07) is 1.41. The molecule has 0 bridgehead atoms. The van der Waals surface area contributed by atoms with E-state index in [1.165, 1.54) is 12.5 Å². The van der Waals surface area contributed by atoms with E-state index in [-0.39, 0.29) is 22.5 Å². The molecular weight excluding hydrogens is 278 g/mol. The summed E-state index contributed by atoms with van der Waals surface area (Å²) in [5.74, 6) is -0.843. The lowest BCUT2D eigenvalue weighted by atomic mass is 10.5. The number of carboxylic acid groups (broad SMARTS) is 1. The molecule has 0 atom stereocenters. The van der Waals surface area contributed by atoms with Crippen LogP contribution in [-0.4, -0.2) is 73.3 Å². The fourth-order valence-electron chi connectivity index (χ4n) is 1.47. The molecule has 0 fully saturated rings. The fraction of sp³-hybridized carbons (Fsp3) is 0.923. The zero-order valence-corrected chi connectivity index (χ0v) is 14.0. The molecule has 6 nitrogen and oxygen atoms in total. The van der Waals surface area contributed by atoms with Gasteiger partial charge in [-0.1, -0.05) is 12.6 Å². The molecule has 0 saturated heterocycles. The van der Waals surface area contributed by atoms with Crippen molar-refractivity contribution in [3.63, 3.8) is 0 Å². The van der Waals surface area contributed by atoms with Crippen molar-refractivity contribution in [3.05, 3.63) is 0 Å². The number of carbonyl (C=O) groups is 1. The number of aliphatic carboxylic acids is 1. The number of ether oxygens (including phenoxy) is 3. The van der Waals surface area contributed by atoms with Gasteiger partial charge in [0, 0.05) is 16.1 Å². The number of hydrogen-bond acceptors (Lipinski definition) is 5. The minimum Gasteiger partial charge on any atom is -0.481 e. The Morgan fingerprint density at radius 3 is 2.20 bits per heavy atom. The van der Waals surface area contributed by atoms with Crippen LogP contribution in [0.2, 0.25) is 12.6 Å². The standard InChI is InChI=1S/C13H29NO5Si/c1-20-12-2-4-14-5-7-18-9-11-19-10-8-17-6-3-13(15)16/h14H,2-12,20H2,1H3,(H,15,16). The van der Waals surface area contributed by atoms with Crippen molar-refractivity contribution in [1.29, 1.82) is 0 Å². The number of hydrogen-bond donors (Lipinski definition) is 2. The van der Waals surface area contributed by atoms with Gasteiger partial charge in [-0.15, -0.1) is 0 Å². The van der Waals surface area contributed by atoms with Crippen molar-refractivity contribution in [3.8, 4) is 0 Å². The predicted molar refractivity (Wildman–Crippen MR) is 81.4 cm³/mol. The highest BCUT2D eigenvalue weighted by molar-refractivity contribution is 6.33. The summed E-state index contributed by atoms with van der Waals surface area (Å²) >= 11 is 0. The minimum absolute atomic E-state index is 0.0382. The van der Waals surface area contributed by atoms with E-state index in [1.54, 1.807) is 0 Å². The Kier molecular flexibility index (Phi) is 16.2. The van der Waals surface area contributed by atoms with Crippen LogP contribution in [0.3, 0.4) is 0 Å². The molecule has 0 heterocycles. The van der Waals surface area contributed by atoms with Gasteiger partial charge in [-0.05, 0) is 13.0 Å². The Morgan fingerprint density at radius 2 is 1.60 bits per heavy atom. The molecular formula is C13H29NO5Si. The van der Waals surface area contributed by atoms with E-state index in [2.05, 4.69) is 11.9 Å². The maximum absolute atomic E-state index is 10.2. The summed E-state index contributed by atoms with van der Waals surface area (Å²) in [4.78, 5) is 10.2. The van der Waals surface area contributed by atoms with Crippen LogP contribution in [0.1, 0.15) is 12.8 Å². The second-order valence-corrected chi connectivity index (χ2v) is 6.15. The molecule has 0 aromatic rings. The van der Waals surface area contributed by atoms with Gasteiger partial charge in [0.25, 0.3) is 0 Å². The van der Waals surface area contributed by atoms with E-state index in [0.717, 1.165) is 13.1 Å². The van der Waals surface area contributed by atoms with E-state index in [0.29, 0.717) is 33.0 Å². The number of nitrogens with one attached hydrogen (secondary N) is 1. The Hall–Kier alpha value is -0.473. The lowest BCUT2D eigenvalue weighted by Crippen LogP contribution is -2.22. The van der Waals surface area contributed by atoms with Crippen LogP contribution in [-0.2, 0) is 19.0 Å². The number of rotatable bonds is 16. The quantitative estimate of drug-likeness (QED) is 0.312. The molecule has 0 aliphatic carbocycles. The van der Waals surface area contributed by atoms with E-state index in [4.69, 9.17) is 19.3 Å². The highest BCUT2D eigenvalue weighted by Gasteiger charge is 1.96. The van der Waals surface area contributed by atoms with E-state index >= 15 is 0 Å². The molecule has 0 spiro atoms. The molecule has 0 rings (SSSR count). The van der Waals surface area contributed by atoms with Gasteiger partial charge in [0.05, 0.1) is 46.1 Å². The molecule has 0 aliphatic rings. The third kappa shape index (κ3) is 17.5. The van der Waals surface area contributed by atoms with Gasteiger partial charge < -0.3 is 24.6 Å². The predicted octanol–water partition coefficient (Wildman–Crippen LogP) is 0.126. The van der Waals surface area contributed by atoms with Crippen molar-refractivity contribution in [1.82, 2.24) is 5.32 Å². The van der Waals surface area contributed by atoms with E-state index < -0.39 is 5.97 Å². The first-order valence-corrected chi connectivity index (χ1v) is 9.84. The molecule has 7 heteroatoms. The van der Waals surface area contributed by atoms with Crippen molar-refractivity contribution >= 4 is 15.5 Å². The molecule has 0 saturated carbocycles. The summed E-state index contributed by atoms with van der Waals surface area (Å²) < 4.78 is 15.8. The first kappa shape index (κ1) is 19.5. The molecule has 20 heavy (non-hydrogen) atoms. The molecule has 0 aliphatic heterocycles. The zero-order chi connectivity index (χ0) is 14.9. The Balaban J connectivity index is 2.94. The fourth-order valence-corrected chi connectivity index (χ4v) is 2.22. The molecule has 0 aromatic carbocycles. The van der Waals surface area contributed by atoms with Gasteiger partial charge in [0.15, 0.2) is 0 Å². The average Bonchev–Trinajstić information content (AvgIpc) is 2.43. The molecule has 0 aromatic heterocycles. The van der Waals surface area contributed by atoms with Crippen LogP contribution < -0.4 is 5.32 Å². The summed E-state index contributed by atoms with van der Waals surface area (Å²) in [5.41, 5.74) is 0. The third-order valence-electron chi connectivity index (χ3n) is 2.58. The summed E-state index contributed by atoms with van der Waals surface area (Å²) in [6.07, 6.45) is 1.32. The lowest BCUT2D eigenvalue weighted by molar-refractivity contribution is -0.138. The smallest absolute Gasteiger partial charge is 0.305 e. The third-order valence-corrected chi connectivity index (χ3v) is 3.79. The molecule has 0 unspecified atom stereocenters. The van der Waals surface area contributed by atoms with Gasteiger partial charge in [-0.2, -0.15) is 0 Å². The number of carboxylic acids is 1. The molecule has 120 valence electrons. The average molecular weight is 307 g/mol. The SMILES string of the molecule is C[SiH2]CCCNCCOCCOCCOCCC(=O)O. The summed E-state index contributed by atoms with van der Waals surface area (Å²) in [6.45, 7) is 7.29. The maximum atomic E-state index is 10.2. The summed E-state index contributed by atoms with van der Waals surface area (Å²) in [7, 11) is 0.221. The van der Waals surface area contributed by atoms with Gasteiger partial charge in [-0.3, -0.25) is 4.79 Å². The van der Waals surface area contributed by atoms with Crippen molar-refractivity contribution in [2.24, 2.45) is 0 Å².